The average Bonchev–Trinajstić information content (AvgIpc) is 2.67. The van der Waals surface area contributed by atoms with Gasteiger partial charge in [-0.3, -0.25) is 14.9 Å². The number of urea groups is 1. The Kier molecular flexibility index (Phi) is 7.60. The molecule has 0 aliphatic carbocycles. The number of likely N-dealkylation sites (tertiary alicyclic amines) is 1. The van der Waals surface area contributed by atoms with E-state index in [0.717, 1.165) is 0 Å². The first-order valence-electron chi connectivity index (χ1n) is 8.73. The molecule has 0 saturated carbocycles. The van der Waals surface area contributed by atoms with Crippen LogP contribution in [0.5, 0.6) is 0 Å². The molecule has 0 radical (unpaired) electrons. The van der Waals surface area contributed by atoms with Crippen molar-refractivity contribution in [1.82, 2.24) is 10.2 Å². The number of benzene rings is 1. The van der Waals surface area contributed by atoms with Gasteiger partial charge in [-0.05, 0) is 31.9 Å². The number of amides is 4. The van der Waals surface area contributed by atoms with Crippen LogP contribution in [0.4, 0.5) is 15.3 Å². The minimum Gasteiger partial charge on any atom is -0.455 e. The summed E-state index contributed by atoms with van der Waals surface area (Å²) in [6, 6.07) is 8.89. The van der Waals surface area contributed by atoms with E-state index in [4.69, 9.17) is 4.74 Å². The van der Waals surface area contributed by atoms with Crippen molar-refractivity contribution in [3.63, 3.8) is 0 Å². The predicted molar refractivity (Wildman–Crippen MR) is 95.9 cm³/mol. The Labute approximate surface area is 157 Å². The van der Waals surface area contributed by atoms with Crippen molar-refractivity contribution in [2.24, 2.45) is 5.92 Å². The van der Waals surface area contributed by atoms with Crippen molar-refractivity contribution < 1.29 is 28.7 Å². The summed E-state index contributed by atoms with van der Waals surface area (Å²) in [5.41, 5.74) is 0.705. The number of esters is 1. The lowest BCUT2D eigenvalue weighted by Crippen LogP contribution is -2.43. The van der Waals surface area contributed by atoms with Gasteiger partial charge in [0.2, 0.25) is 0 Å². The maximum atomic E-state index is 12.2. The summed E-state index contributed by atoms with van der Waals surface area (Å²) in [6.45, 7) is 2.01. The van der Waals surface area contributed by atoms with E-state index in [-0.39, 0.29) is 18.6 Å². The van der Waals surface area contributed by atoms with Crippen LogP contribution in [0.2, 0.25) is 0 Å². The van der Waals surface area contributed by atoms with Gasteiger partial charge in [0.1, 0.15) is 0 Å². The van der Waals surface area contributed by atoms with Crippen LogP contribution < -0.4 is 10.6 Å². The highest BCUT2D eigenvalue weighted by Gasteiger charge is 2.29. The molecule has 4 amide bonds. The number of imide groups is 1. The van der Waals surface area contributed by atoms with Crippen LogP contribution in [-0.4, -0.2) is 55.2 Å². The fourth-order valence-corrected chi connectivity index (χ4v) is 2.61. The van der Waals surface area contributed by atoms with Gasteiger partial charge < -0.3 is 19.7 Å². The molecule has 9 nitrogen and oxygen atoms in total. The maximum Gasteiger partial charge on any atom is 0.413 e. The number of para-hydroxylation sites is 1. The molecule has 0 bridgehead atoms. The van der Waals surface area contributed by atoms with Crippen LogP contribution in [0.1, 0.15) is 19.8 Å². The lowest BCUT2D eigenvalue weighted by molar-refractivity contribution is -0.153. The molecule has 1 aromatic rings. The molecule has 27 heavy (non-hydrogen) atoms. The number of nitrogens with zero attached hydrogens (tertiary/aromatic N) is 1. The number of hydrogen-bond acceptors (Lipinski definition) is 6. The predicted octanol–water partition coefficient (Wildman–Crippen LogP) is 1.75. The van der Waals surface area contributed by atoms with Crippen molar-refractivity contribution in [3.8, 4) is 0 Å². The molecule has 2 N–H and O–H groups in total. The van der Waals surface area contributed by atoms with Crippen molar-refractivity contribution in [3.05, 3.63) is 30.3 Å². The third-order valence-electron chi connectivity index (χ3n) is 4.00. The van der Waals surface area contributed by atoms with Gasteiger partial charge in [-0.2, -0.15) is 0 Å². The van der Waals surface area contributed by atoms with Crippen molar-refractivity contribution in [2.75, 3.05) is 31.6 Å². The number of carbonyl (C=O) groups is 4. The van der Waals surface area contributed by atoms with Crippen molar-refractivity contribution >= 4 is 29.7 Å². The zero-order chi connectivity index (χ0) is 19.6. The van der Waals surface area contributed by atoms with E-state index in [2.05, 4.69) is 10.1 Å². The molecule has 146 valence electrons. The smallest absolute Gasteiger partial charge is 0.413 e. The zero-order valence-corrected chi connectivity index (χ0v) is 15.1. The van der Waals surface area contributed by atoms with Crippen molar-refractivity contribution in [1.29, 1.82) is 0 Å². The highest BCUT2D eigenvalue weighted by molar-refractivity contribution is 5.93. The van der Waals surface area contributed by atoms with Gasteiger partial charge in [0.05, 0.1) is 12.5 Å². The van der Waals surface area contributed by atoms with Crippen LogP contribution in [0.3, 0.4) is 0 Å². The second-order valence-corrected chi connectivity index (χ2v) is 5.93. The quantitative estimate of drug-likeness (QED) is 0.756. The van der Waals surface area contributed by atoms with Gasteiger partial charge in [-0.25, -0.2) is 9.59 Å². The van der Waals surface area contributed by atoms with E-state index in [1.807, 2.05) is 23.5 Å². The van der Waals surface area contributed by atoms with E-state index in [9.17, 15) is 19.2 Å². The first-order chi connectivity index (χ1) is 13.0. The van der Waals surface area contributed by atoms with E-state index >= 15 is 0 Å². The Balaban J connectivity index is 1.70. The molecule has 2 rings (SSSR count). The summed E-state index contributed by atoms with van der Waals surface area (Å²) in [5.74, 6) is -1.65. The lowest BCUT2D eigenvalue weighted by Gasteiger charge is -2.30. The largest absolute Gasteiger partial charge is 0.455 e. The summed E-state index contributed by atoms with van der Waals surface area (Å²) >= 11 is 0. The molecule has 0 unspecified atom stereocenters. The molecule has 1 aliphatic rings. The minimum atomic E-state index is -0.878. The molecule has 1 aromatic carbocycles. The van der Waals surface area contributed by atoms with Gasteiger partial charge >= 0.3 is 18.1 Å². The number of nitrogens with one attached hydrogen (secondary N) is 2. The second-order valence-electron chi connectivity index (χ2n) is 5.93. The van der Waals surface area contributed by atoms with Crippen LogP contribution in [0.25, 0.3) is 0 Å². The monoisotopic (exact) mass is 377 g/mol. The number of alkyl carbamates (subject to hydrolysis) is 1. The Morgan fingerprint density at radius 2 is 1.74 bits per heavy atom. The Hall–Kier alpha value is -3.10. The second kappa shape index (κ2) is 10.1. The highest BCUT2D eigenvalue weighted by atomic mass is 16.6. The van der Waals surface area contributed by atoms with Gasteiger partial charge in [-0.1, -0.05) is 18.2 Å². The molecule has 1 aliphatic heterocycles. The number of piperidine rings is 1. The minimum absolute atomic E-state index is 0.134. The fourth-order valence-electron chi connectivity index (χ4n) is 2.61. The topological polar surface area (TPSA) is 114 Å². The summed E-state index contributed by atoms with van der Waals surface area (Å²) in [4.78, 5) is 48.5. The number of carbonyl (C=O) groups excluding carboxylic acids is 4. The highest BCUT2D eigenvalue weighted by Crippen LogP contribution is 2.19. The summed E-state index contributed by atoms with van der Waals surface area (Å²) in [5, 5.41) is 4.74. The Morgan fingerprint density at radius 3 is 2.37 bits per heavy atom. The van der Waals surface area contributed by atoms with Crippen LogP contribution >= 0.6 is 0 Å². The molecule has 9 heteroatoms. The van der Waals surface area contributed by atoms with Crippen molar-refractivity contribution in [2.45, 2.75) is 19.8 Å². The number of anilines is 1. The molecule has 1 heterocycles. The molecular weight excluding hydrogens is 354 g/mol. The number of rotatable bonds is 5. The first kappa shape index (κ1) is 20.2. The molecular formula is C18H23N3O6. The summed E-state index contributed by atoms with van der Waals surface area (Å²) < 4.78 is 9.49. The normalized spacial score (nSPS) is 14.2. The van der Waals surface area contributed by atoms with Crippen LogP contribution in [0, 0.1) is 5.92 Å². The zero-order valence-electron chi connectivity index (χ0n) is 15.1. The van der Waals surface area contributed by atoms with Crippen LogP contribution in [0.15, 0.2) is 30.3 Å². The van der Waals surface area contributed by atoms with Gasteiger partial charge in [0.25, 0.3) is 5.91 Å². The maximum absolute atomic E-state index is 12.2. The summed E-state index contributed by atoms with van der Waals surface area (Å²) in [6.07, 6.45) is 0.0115. The van der Waals surface area contributed by atoms with E-state index < -0.39 is 24.6 Å². The first-order valence-corrected chi connectivity index (χ1v) is 8.73. The molecule has 0 spiro atoms. The fraction of sp³-hybridized carbons (Fsp3) is 0.444. The third-order valence-corrected chi connectivity index (χ3v) is 4.00. The molecule has 0 atom stereocenters. The van der Waals surface area contributed by atoms with Gasteiger partial charge in [-0.15, -0.1) is 0 Å². The third kappa shape index (κ3) is 6.61. The average molecular weight is 377 g/mol. The SMILES string of the molecule is CCOC(=O)NC(=O)COC(=O)C1CCN(C(=O)Nc2ccccc2)CC1. The summed E-state index contributed by atoms with van der Waals surface area (Å²) in [7, 11) is 0. The molecule has 1 fully saturated rings. The molecule has 1 saturated heterocycles. The molecule has 0 aromatic heterocycles. The standard InChI is InChI=1S/C18H23N3O6/c1-2-26-18(25)20-15(22)12-27-16(23)13-8-10-21(11-9-13)17(24)19-14-6-4-3-5-7-14/h3-7,13H,2,8-12H2,1H3,(H,19,24)(H,20,22,25). The Bertz CT molecular complexity index is 671. The number of hydrogen-bond donors (Lipinski definition) is 2. The van der Waals surface area contributed by atoms with Gasteiger partial charge in [0, 0.05) is 18.8 Å². The lowest BCUT2D eigenvalue weighted by atomic mass is 9.97. The van der Waals surface area contributed by atoms with E-state index in [0.29, 0.717) is 31.6 Å². The number of ether oxygens (including phenoxy) is 2. The van der Waals surface area contributed by atoms with Crippen LogP contribution in [-0.2, 0) is 19.1 Å². The van der Waals surface area contributed by atoms with Gasteiger partial charge in [0.15, 0.2) is 6.61 Å². The Morgan fingerprint density at radius 1 is 1.07 bits per heavy atom. The van der Waals surface area contributed by atoms with E-state index in [1.54, 1.807) is 24.0 Å². The van der Waals surface area contributed by atoms with E-state index in [1.165, 1.54) is 0 Å².